The standard InChI is InChI=1S/C14H8F4N2O/c15-10-3-1-7(14(16,17)18)5-9(10)13-20-11-4-2-8(19)6-12(11)21-13/h1-6H,19H2. The molecule has 2 N–H and O–H groups in total. The number of hydrogen-bond acceptors (Lipinski definition) is 3. The maximum absolute atomic E-state index is 13.8. The van der Waals surface area contributed by atoms with Crippen LogP contribution in [0.25, 0.3) is 22.6 Å². The third-order valence-electron chi connectivity index (χ3n) is 2.94. The molecule has 21 heavy (non-hydrogen) atoms. The van der Waals surface area contributed by atoms with Crippen LogP contribution in [0.1, 0.15) is 5.56 Å². The van der Waals surface area contributed by atoms with E-state index in [4.69, 9.17) is 10.2 Å². The molecule has 0 amide bonds. The molecule has 0 saturated carbocycles. The van der Waals surface area contributed by atoms with Crippen LogP contribution in [0.5, 0.6) is 0 Å². The number of hydrogen-bond donors (Lipinski definition) is 1. The average Bonchev–Trinajstić information content (AvgIpc) is 2.80. The van der Waals surface area contributed by atoms with E-state index in [2.05, 4.69) is 4.98 Å². The van der Waals surface area contributed by atoms with Crippen molar-refractivity contribution in [1.29, 1.82) is 0 Å². The number of nitrogens with zero attached hydrogens (tertiary/aromatic N) is 1. The first-order valence-corrected chi connectivity index (χ1v) is 5.88. The van der Waals surface area contributed by atoms with Gasteiger partial charge in [-0.1, -0.05) is 0 Å². The highest BCUT2D eigenvalue weighted by Crippen LogP contribution is 2.34. The number of anilines is 1. The number of oxazole rings is 1. The molecule has 0 saturated heterocycles. The molecular weight excluding hydrogens is 288 g/mol. The summed E-state index contributed by atoms with van der Waals surface area (Å²) in [6.07, 6.45) is -4.57. The molecule has 0 fully saturated rings. The number of nitrogens with two attached hydrogens (primary N) is 1. The summed E-state index contributed by atoms with van der Waals surface area (Å²) >= 11 is 0. The molecule has 108 valence electrons. The van der Waals surface area contributed by atoms with Crippen LogP contribution in [0.4, 0.5) is 23.2 Å². The lowest BCUT2D eigenvalue weighted by molar-refractivity contribution is -0.137. The van der Waals surface area contributed by atoms with E-state index in [9.17, 15) is 17.6 Å². The van der Waals surface area contributed by atoms with Gasteiger partial charge in [0, 0.05) is 11.8 Å². The fourth-order valence-corrected chi connectivity index (χ4v) is 1.92. The molecule has 3 nitrogen and oxygen atoms in total. The van der Waals surface area contributed by atoms with Crippen molar-refractivity contribution in [1.82, 2.24) is 4.98 Å². The average molecular weight is 296 g/mol. The molecule has 0 unspecified atom stereocenters. The first-order valence-electron chi connectivity index (χ1n) is 5.88. The van der Waals surface area contributed by atoms with Gasteiger partial charge in [0.1, 0.15) is 11.3 Å². The van der Waals surface area contributed by atoms with Gasteiger partial charge < -0.3 is 10.2 Å². The van der Waals surface area contributed by atoms with Crippen molar-refractivity contribution >= 4 is 16.8 Å². The molecule has 0 radical (unpaired) electrons. The van der Waals surface area contributed by atoms with Gasteiger partial charge in [-0.25, -0.2) is 9.37 Å². The Morgan fingerprint density at radius 1 is 1.05 bits per heavy atom. The largest absolute Gasteiger partial charge is 0.436 e. The third kappa shape index (κ3) is 2.42. The third-order valence-corrected chi connectivity index (χ3v) is 2.94. The van der Waals surface area contributed by atoms with Gasteiger partial charge in [-0.15, -0.1) is 0 Å². The summed E-state index contributed by atoms with van der Waals surface area (Å²) in [6, 6.07) is 6.65. The lowest BCUT2D eigenvalue weighted by atomic mass is 10.1. The van der Waals surface area contributed by atoms with Gasteiger partial charge >= 0.3 is 6.18 Å². The molecule has 0 aliphatic rings. The van der Waals surface area contributed by atoms with E-state index < -0.39 is 17.6 Å². The van der Waals surface area contributed by atoms with Gasteiger partial charge in [0.15, 0.2) is 5.58 Å². The summed E-state index contributed by atoms with van der Waals surface area (Å²) in [5, 5.41) is 0. The van der Waals surface area contributed by atoms with Gasteiger partial charge in [-0.2, -0.15) is 13.2 Å². The van der Waals surface area contributed by atoms with E-state index in [0.29, 0.717) is 23.3 Å². The van der Waals surface area contributed by atoms with Crippen molar-refractivity contribution in [2.24, 2.45) is 0 Å². The lowest BCUT2D eigenvalue weighted by Gasteiger charge is -2.07. The zero-order valence-corrected chi connectivity index (χ0v) is 10.4. The van der Waals surface area contributed by atoms with Gasteiger partial charge in [0.05, 0.1) is 11.1 Å². The van der Waals surface area contributed by atoms with Crippen LogP contribution in [0, 0.1) is 5.82 Å². The molecule has 1 heterocycles. The quantitative estimate of drug-likeness (QED) is 0.540. The molecule has 3 rings (SSSR count). The van der Waals surface area contributed by atoms with Gasteiger partial charge in [0.25, 0.3) is 0 Å². The first kappa shape index (κ1) is 13.4. The van der Waals surface area contributed by atoms with Crippen LogP contribution in [0.2, 0.25) is 0 Å². The van der Waals surface area contributed by atoms with E-state index >= 15 is 0 Å². The highest BCUT2D eigenvalue weighted by atomic mass is 19.4. The Morgan fingerprint density at radius 3 is 2.52 bits per heavy atom. The molecule has 0 bridgehead atoms. The van der Waals surface area contributed by atoms with Crippen molar-refractivity contribution in [2.45, 2.75) is 6.18 Å². The molecule has 2 aromatic carbocycles. The molecule has 0 aliphatic heterocycles. The molecule has 7 heteroatoms. The number of nitrogen functional groups attached to an aromatic ring is 1. The Balaban J connectivity index is 2.17. The Kier molecular flexibility index (Phi) is 2.86. The molecule has 1 aromatic heterocycles. The van der Waals surface area contributed by atoms with E-state index in [-0.39, 0.29) is 17.0 Å². The fraction of sp³-hybridized carbons (Fsp3) is 0.0714. The van der Waals surface area contributed by atoms with Crippen molar-refractivity contribution in [3.8, 4) is 11.5 Å². The Labute approximate surface area is 116 Å². The normalized spacial score (nSPS) is 12.0. The van der Waals surface area contributed by atoms with Gasteiger partial charge in [-0.3, -0.25) is 0 Å². The number of benzene rings is 2. The molecule has 0 aliphatic carbocycles. The van der Waals surface area contributed by atoms with Crippen LogP contribution in [-0.2, 0) is 6.18 Å². The second kappa shape index (κ2) is 4.47. The van der Waals surface area contributed by atoms with E-state index in [1.807, 2.05) is 0 Å². The maximum atomic E-state index is 13.8. The SMILES string of the molecule is Nc1ccc2nc(-c3cc(C(F)(F)F)ccc3F)oc2c1. The van der Waals surface area contributed by atoms with Crippen LogP contribution < -0.4 is 5.73 Å². The molecule has 0 spiro atoms. The molecule has 0 atom stereocenters. The monoisotopic (exact) mass is 296 g/mol. The van der Waals surface area contributed by atoms with E-state index in [1.54, 1.807) is 12.1 Å². The molecular formula is C14H8F4N2O. The van der Waals surface area contributed by atoms with Crippen LogP contribution in [0.3, 0.4) is 0 Å². The second-order valence-electron chi connectivity index (χ2n) is 4.44. The van der Waals surface area contributed by atoms with Crippen LogP contribution >= 0.6 is 0 Å². The zero-order chi connectivity index (χ0) is 15.2. The Bertz CT molecular complexity index is 823. The number of fused-ring (bicyclic) bond motifs is 1. The summed E-state index contributed by atoms with van der Waals surface area (Å²) in [5.74, 6) is -1.07. The summed E-state index contributed by atoms with van der Waals surface area (Å²) < 4.78 is 57.1. The smallest absolute Gasteiger partial charge is 0.416 e. The number of alkyl halides is 3. The summed E-state index contributed by atoms with van der Waals surface area (Å²) in [5.41, 5.74) is 5.33. The lowest BCUT2D eigenvalue weighted by Crippen LogP contribution is -2.05. The maximum Gasteiger partial charge on any atom is 0.416 e. The predicted octanol–water partition coefficient (Wildman–Crippen LogP) is 4.23. The van der Waals surface area contributed by atoms with Crippen LogP contribution in [0.15, 0.2) is 40.8 Å². The minimum atomic E-state index is -4.57. The van der Waals surface area contributed by atoms with Crippen LogP contribution in [-0.4, -0.2) is 4.98 Å². The van der Waals surface area contributed by atoms with Crippen molar-refractivity contribution in [2.75, 3.05) is 5.73 Å². The minimum absolute atomic E-state index is 0.223. The topological polar surface area (TPSA) is 52.0 Å². The number of rotatable bonds is 1. The van der Waals surface area contributed by atoms with E-state index in [1.165, 1.54) is 6.07 Å². The second-order valence-corrected chi connectivity index (χ2v) is 4.44. The highest BCUT2D eigenvalue weighted by molar-refractivity contribution is 5.79. The number of halogens is 4. The van der Waals surface area contributed by atoms with Gasteiger partial charge in [0.2, 0.25) is 5.89 Å². The van der Waals surface area contributed by atoms with E-state index in [0.717, 1.165) is 6.07 Å². The number of aromatic nitrogens is 1. The summed E-state index contributed by atoms with van der Waals surface area (Å²) in [4.78, 5) is 3.98. The summed E-state index contributed by atoms with van der Waals surface area (Å²) in [6.45, 7) is 0. The van der Waals surface area contributed by atoms with Crippen molar-refractivity contribution < 1.29 is 22.0 Å². The van der Waals surface area contributed by atoms with Crippen molar-refractivity contribution in [3.05, 3.63) is 47.8 Å². The Hall–Kier alpha value is -2.57. The molecule has 3 aromatic rings. The predicted molar refractivity (Wildman–Crippen MR) is 68.8 cm³/mol. The first-order chi connectivity index (χ1) is 9.84. The van der Waals surface area contributed by atoms with Crippen molar-refractivity contribution in [3.63, 3.8) is 0 Å². The minimum Gasteiger partial charge on any atom is -0.436 e. The summed E-state index contributed by atoms with van der Waals surface area (Å²) in [7, 11) is 0. The Morgan fingerprint density at radius 2 is 1.81 bits per heavy atom. The highest BCUT2D eigenvalue weighted by Gasteiger charge is 2.31. The fourth-order valence-electron chi connectivity index (χ4n) is 1.92. The van der Waals surface area contributed by atoms with Gasteiger partial charge in [-0.05, 0) is 30.3 Å². The zero-order valence-electron chi connectivity index (χ0n) is 10.4.